The van der Waals surface area contributed by atoms with Gasteiger partial charge in [0.15, 0.2) is 0 Å². The van der Waals surface area contributed by atoms with Crippen molar-refractivity contribution in [3.05, 3.63) is 0 Å². The molecule has 0 saturated carbocycles. The van der Waals surface area contributed by atoms with Gasteiger partial charge in [-0.3, -0.25) is 0 Å². The molecule has 0 heteroatoms. The smallest absolute Gasteiger partial charge is 0.120 e. The fourth-order valence-electron chi connectivity index (χ4n) is 0.217. The first-order valence-corrected chi connectivity index (χ1v) is 2.13. The minimum Gasteiger partial charge on any atom is -0.120 e. The van der Waals surface area contributed by atoms with Crippen LogP contribution in [0.4, 0.5) is 0 Å². The zero-order valence-electron chi connectivity index (χ0n) is 5.99. The quantitative estimate of drug-likeness (QED) is 0.447. The second-order valence-electron chi connectivity index (χ2n) is 1.08. The lowest BCUT2D eigenvalue weighted by atomic mass is 10.3. The van der Waals surface area contributed by atoms with E-state index in [0.29, 0.717) is 6.42 Å². The van der Waals surface area contributed by atoms with Crippen molar-refractivity contribution >= 4 is 0 Å². The summed E-state index contributed by atoms with van der Waals surface area (Å²) in [6, 6.07) is 0. The van der Waals surface area contributed by atoms with Crippen LogP contribution in [-0.4, -0.2) is 0 Å². The van der Waals surface area contributed by atoms with Crippen molar-refractivity contribution in [2.24, 2.45) is 0 Å². The summed E-state index contributed by atoms with van der Waals surface area (Å²) >= 11 is 0. The first-order valence-electron chi connectivity index (χ1n) is 3.20. The van der Waals surface area contributed by atoms with Crippen LogP contribution in [-0.2, 0) is 0 Å². The molecule has 0 radical (unpaired) electrons. The molecule has 34 valence electrons. The lowest BCUT2D eigenvalue weighted by molar-refractivity contribution is 0.828. The van der Waals surface area contributed by atoms with Crippen molar-refractivity contribution in [2.75, 3.05) is 0 Å². The molecule has 0 amide bonds. The fourth-order valence-corrected chi connectivity index (χ4v) is 0.217. The molecule has 0 aromatic heterocycles. The van der Waals surface area contributed by atoms with Crippen LogP contribution in [0.5, 0.6) is 0 Å². The third kappa shape index (κ3) is 3.56. The van der Waals surface area contributed by atoms with E-state index in [4.69, 9.17) is 2.74 Å². The molecule has 0 bridgehead atoms. The molecule has 0 saturated heterocycles. The highest BCUT2D eigenvalue weighted by atomic mass is 13.8. The first kappa shape index (κ1) is 2.69. The lowest BCUT2D eigenvalue weighted by Gasteiger charge is -1.79. The van der Waals surface area contributed by atoms with Crippen LogP contribution in [0.3, 0.4) is 0 Å². The van der Waals surface area contributed by atoms with E-state index in [1.807, 2.05) is 13.3 Å². The predicted molar refractivity (Wildman–Crippen MR) is 28.4 cm³/mol. The largest absolute Gasteiger partial charge is 0.124 e. The summed E-state index contributed by atoms with van der Waals surface area (Å²) in [5, 5.41) is 0. The van der Waals surface area contributed by atoms with Gasteiger partial charge in [-0.15, -0.1) is 12.3 Å². The van der Waals surface area contributed by atoms with E-state index in [0.717, 1.165) is 6.42 Å². The van der Waals surface area contributed by atoms with Crippen molar-refractivity contribution in [3.8, 4) is 12.3 Å². The topological polar surface area (TPSA) is 0 Å². The maximum absolute atomic E-state index is 7.14. The summed E-state index contributed by atoms with van der Waals surface area (Å²) in [5.74, 6) is 2.53. The molecule has 0 nitrogen and oxygen atoms in total. The fraction of sp³-hybridized carbons (Fsp3) is 0.667. The minimum absolute atomic E-state index is 0.0900. The van der Waals surface area contributed by atoms with Crippen molar-refractivity contribution in [1.29, 1.82) is 0 Å². The molecular formula is C6H10. The zero-order valence-corrected chi connectivity index (χ0v) is 3.99. The average molecular weight is 84.2 g/mol. The Hall–Kier alpha value is -0.440. The van der Waals surface area contributed by atoms with Crippen LogP contribution in [0, 0.1) is 12.3 Å². The molecule has 0 aromatic carbocycles. The summed E-state index contributed by atoms with van der Waals surface area (Å²) in [6.45, 7) is 1.95. The number of terminal acetylenes is 1. The molecule has 0 aromatic rings. The molecule has 1 unspecified atom stereocenters. The molecule has 0 spiro atoms. The van der Waals surface area contributed by atoms with Gasteiger partial charge in [0.05, 0.1) is 0 Å². The standard InChI is InChI=1S/C6H10/c1-3-5-6-4-2/h1H,4-6H2,2H3/i1D,6D. The zero-order chi connectivity index (χ0) is 6.41. The molecule has 0 N–H and O–H groups in total. The summed E-state index contributed by atoms with van der Waals surface area (Å²) in [7, 11) is 0. The van der Waals surface area contributed by atoms with Gasteiger partial charge in [0.2, 0.25) is 0 Å². The summed E-state index contributed by atoms with van der Waals surface area (Å²) in [6.07, 6.45) is 3.29. The van der Waals surface area contributed by atoms with Gasteiger partial charge in [-0.2, -0.15) is 0 Å². The van der Waals surface area contributed by atoms with Crippen LogP contribution in [0.1, 0.15) is 28.9 Å². The Labute approximate surface area is 42.4 Å². The van der Waals surface area contributed by atoms with Crippen LogP contribution >= 0.6 is 0 Å². The Kier molecular flexibility index (Phi) is 2.04. The Bertz CT molecular complexity index is 98.8. The molecule has 0 heterocycles. The second kappa shape index (κ2) is 4.56. The molecule has 0 aliphatic carbocycles. The van der Waals surface area contributed by atoms with Gasteiger partial charge in [-0.25, -0.2) is 0 Å². The van der Waals surface area contributed by atoms with Crippen molar-refractivity contribution in [1.82, 2.24) is 0 Å². The third-order valence-corrected chi connectivity index (χ3v) is 0.535. The minimum atomic E-state index is -0.0900. The summed E-state index contributed by atoms with van der Waals surface area (Å²) < 4.78 is 13.6. The van der Waals surface area contributed by atoms with Crippen molar-refractivity contribution in [2.45, 2.75) is 26.2 Å². The van der Waals surface area contributed by atoms with Crippen LogP contribution in [0.25, 0.3) is 0 Å². The Morgan fingerprint density at radius 1 is 2.17 bits per heavy atom. The Morgan fingerprint density at radius 3 is 3.50 bits per heavy atom. The van der Waals surface area contributed by atoms with Crippen LogP contribution < -0.4 is 0 Å². The number of hydrogen-bond acceptors (Lipinski definition) is 0. The molecule has 0 fully saturated rings. The summed E-state index contributed by atoms with van der Waals surface area (Å²) in [4.78, 5) is 0. The maximum atomic E-state index is 7.14. The van der Waals surface area contributed by atoms with Crippen LogP contribution in [0.2, 0.25) is 0 Å². The van der Waals surface area contributed by atoms with E-state index in [-0.39, 0.29) is 6.40 Å². The molecule has 0 rings (SSSR count). The molecule has 1 atom stereocenters. The maximum Gasteiger partial charge on any atom is 0.124 e. The SMILES string of the molecule is [2H]C#CCC([2H])CC. The second-order valence-corrected chi connectivity index (χ2v) is 1.08. The van der Waals surface area contributed by atoms with E-state index >= 15 is 0 Å². The van der Waals surface area contributed by atoms with Gasteiger partial charge in [0, 0.05) is 7.79 Å². The van der Waals surface area contributed by atoms with E-state index < -0.39 is 0 Å². The molecule has 6 heavy (non-hydrogen) atoms. The first-order chi connectivity index (χ1) is 3.81. The highest BCUT2D eigenvalue weighted by Crippen LogP contribution is 1.88. The lowest BCUT2D eigenvalue weighted by Crippen LogP contribution is -1.62. The van der Waals surface area contributed by atoms with Crippen LogP contribution in [0.15, 0.2) is 0 Å². The van der Waals surface area contributed by atoms with Crippen molar-refractivity contribution < 1.29 is 2.74 Å². The molecular weight excluding hydrogens is 72.1 g/mol. The van der Waals surface area contributed by atoms with E-state index in [9.17, 15) is 0 Å². The van der Waals surface area contributed by atoms with Gasteiger partial charge >= 0.3 is 0 Å². The van der Waals surface area contributed by atoms with Gasteiger partial charge in [-0.1, -0.05) is 13.3 Å². The Balaban J connectivity index is 3.19. The molecule has 0 aliphatic heterocycles. The van der Waals surface area contributed by atoms with Gasteiger partial charge < -0.3 is 0 Å². The monoisotopic (exact) mass is 84.1 g/mol. The van der Waals surface area contributed by atoms with Gasteiger partial charge in [0.25, 0.3) is 0 Å². The Morgan fingerprint density at radius 2 is 3.00 bits per heavy atom. The van der Waals surface area contributed by atoms with E-state index in [2.05, 4.69) is 5.92 Å². The number of rotatable bonds is 2. The van der Waals surface area contributed by atoms with Gasteiger partial charge in [0.1, 0.15) is 1.37 Å². The normalized spacial score (nSPS) is 16.2. The van der Waals surface area contributed by atoms with Gasteiger partial charge in [-0.05, 0) is 6.40 Å². The molecule has 0 aliphatic rings. The average Bonchev–Trinajstić information content (AvgIpc) is 1.83. The highest BCUT2D eigenvalue weighted by molar-refractivity contribution is 4.82. The highest BCUT2D eigenvalue weighted by Gasteiger charge is 1.71. The summed E-state index contributed by atoms with van der Waals surface area (Å²) in [5.41, 5.74) is 0. The predicted octanol–water partition coefficient (Wildman–Crippen LogP) is 1.81. The number of hydrogen-bond donors (Lipinski definition) is 0. The van der Waals surface area contributed by atoms with E-state index in [1.165, 1.54) is 0 Å². The van der Waals surface area contributed by atoms with E-state index in [1.54, 1.807) is 0 Å². The van der Waals surface area contributed by atoms with Crippen molar-refractivity contribution in [3.63, 3.8) is 0 Å². The third-order valence-electron chi connectivity index (χ3n) is 0.535.